The molecule has 0 aromatic heterocycles. The van der Waals surface area contributed by atoms with Gasteiger partial charge in [0, 0.05) is 19.1 Å². The number of piperidine rings is 1. The predicted octanol–water partition coefficient (Wildman–Crippen LogP) is 1.82. The van der Waals surface area contributed by atoms with Crippen LogP contribution in [0.2, 0.25) is 0 Å². The van der Waals surface area contributed by atoms with Crippen molar-refractivity contribution in [1.29, 1.82) is 0 Å². The maximum Gasteiger partial charge on any atom is 0.115 e. The summed E-state index contributed by atoms with van der Waals surface area (Å²) in [6.45, 7) is 5.47. The zero-order valence-electron chi connectivity index (χ0n) is 10.7. The highest BCUT2D eigenvalue weighted by Gasteiger charge is 2.23. The average molecular weight is 234 g/mol. The summed E-state index contributed by atoms with van der Waals surface area (Å²) in [7, 11) is 2.18. The minimum atomic E-state index is 0.348. The summed E-state index contributed by atoms with van der Waals surface area (Å²) in [5, 5.41) is 13.0. The Morgan fingerprint density at radius 3 is 3.00 bits per heavy atom. The van der Waals surface area contributed by atoms with Crippen LogP contribution < -0.4 is 5.32 Å². The fourth-order valence-electron chi connectivity index (χ4n) is 2.57. The highest BCUT2D eigenvalue weighted by atomic mass is 16.3. The third-order valence-electron chi connectivity index (χ3n) is 3.59. The second-order valence-corrected chi connectivity index (χ2v) is 5.19. The zero-order valence-corrected chi connectivity index (χ0v) is 10.7. The van der Waals surface area contributed by atoms with Crippen LogP contribution in [0.3, 0.4) is 0 Å². The fourth-order valence-corrected chi connectivity index (χ4v) is 2.57. The van der Waals surface area contributed by atoms with Gasteiger partial charge in [-0.2, -0.15) is 0 Å². The monoisotopic (exact) mass is 234 g/mol. The Kier molecular flexibility index (Phi) is 4.02. The van der Waals surface area contributed by atoms with E-state index in [1.54, 1.807) is 6.07 Å². The van der Waals surface area contributed by atoms with Crippen molar-refractivity contribution in [3.05, 3.63) is 29.8 Å². The molecule has 3 heteroatoms. The summed E-state index contributed by atoms with van der Waals surface area (Å²) >= 11 is 0. The maximum absolute atomic E-state index is 9.40. The average Bonchev–Trinajstić information content (AvgIpc) is 2.28. The minimum absolute atomic E-state index is 0.348. The largest absolute Gasteiger partial charge is 0.508 e. The Hall–Kier alpha value is -1.06. The number of likely N-dealkylation sites (tertiary alicyclic amines) is 1. The van der Waals surface area contributed by atoms with Crippen molar-refractivity contribution in [2.24, 2.45) is 5.92 Å². The Labute approximate surface area is 103 Å². The summed E-state index contributed by atoms with van der Waals surface area (Å²) in [5.74, 6) is 1.03. The molecule has 2 atom stereocenters. The lowest BCUT2D eigenvalue weighted by Crippen LogP contribution is -2.46. The number of aromatic hydroxyl groups is 1. The summed E-state index contributed by atoms with van der Waals surface area (Å²) in [4.78, 5) is 2.39. The van der Waals surface area contributed by atoms with Crippen molar-refractivity contribution >= 4 is 0 Å². The molecule has 1 fully saturated rings. The van der Waals surface area contributed by atoms with Crippen LogP contribution in [0.5, 0.6) is 5.75 Å². The number of phenolic OH excluding ortho intramolecular Hbond substituents is 1. The maximum atomic E-state index is 9.40. The first-order valence-corrected chi connectivity index (χ1v) is 6.35. The first kappa shape index (κ1) is 12.4. The third-order valence-corrected chi connectivity index (χ3v) is 3.59. The van der Waals surface area contributed by atoms with E-state index in [4.69, 9.17) is 0 Å². The van der Waals surface area contributed by atoms with Crippen LogP contribution >= 0.6 is 0 Å². The number of phenols is 1. The summed E-state index contributed by atoms with van der Waals surface area (Å²) < 4.78 is 0. The molecule has 3 nitrogen and oxygen atoms in total. The lowest BCUT2D eigenvalue weighted by Gasteiger charge is -2.35. The second kappa shape index (κ2) is 5.52. The molecule has 1 aliphatic rings. The molecule has 2 N–H and O–H groups in total. The van der Waals surface area contributed by atoms with E-state index in [-0.39, 0.29) is 0 Å². The van der Waals surface area contributed by atoms with Gasteiger partial charge in [0.1, 0.15) is 5.75 Å². The van der Waals surface area contributed by atoms with Gasteiger partial charge in [0.15, 0.2) is 0 Å². The van der Waals surface area contributed by atoms with Crippen LogP contribution in [0.4, 0.5) is 0 Å². The van der Waals surface area contributed by atoms with E-state index in [0.29, 0.717) is 17.7 Å². The van der Waals surface area contributed by atoms with Gasteiger partial charge in [-0.3, -0.25) is 0 Å². The first-order valence-electron chi connectivity index (χ1n) is 6.35. The summed E-state index contributed by atoms with van der Waals surface area (Å²) in [5.41, 5.74) is 1.15. The molecular formula is C14H22N2O. The van der Waals surface area contributed by atoms with Crippen molar-refractivity contribution in [2.45, 2.75) is 25.9 Å². The van der Waals surface area contributed by atoms with Crippen molar-refractivity contribution in [2.75, 3.05) is 20.1 Å². The van der Waals surface area contributed by atoms with E-state index in [1.165, 1.54) is 13.0 Å². The molecule has 1 saturated heterocycles. The van der Waals surface area contributed by atoms with Crippen LogP contribution in [-0.2, 0) is 6.54 Å². The number of nitrogens with one attached hydrogen (secondary N) is 1. The third kappa shape index (κ3) is 3.45. The molecule has 0 bridgehead atoms. The number of rotatable bonds is 3. The topological polar surface area (TPSA) is 35.5 Å². The molecule has 17 heavy (non-hydrogen) atoms. The van der Waals surface area contributed by atoms with Crippen molar-refractivity contribution in [3.8, 4) is 5.75 Å². The van der Waals surface area contributed by atoms with Crippen LogP contribution in [-0.4, -0.2) is 36.2 Å². The minimum Gasteiger partial charge on any atom is -0.508 e. The molecule has 0 spiro atoms. The van der Waals surface area contributed by atoms with E-state index in [0.717, 1.165) is 18.7 Å². The van der Waals surface area contributed by atoms with Gasteiger partial charge < -0.3 is 15.3 Å². The van der Waals surface area contributed by atoms with Crippen LogP contribution in [0.25, 0.3) is 0 Å². The molecule has 1 aliphatic heterocycles. The van der Waals surface area contributed by atoms with E-state index >= 15 is 0 Å². The molecular weight excluding hydrogens is 212 g/mol. The van der Waals surface area contributed by atoms with Crippen LogP contribution in [0.1, 0.15) is 18.9 Å². The molecule has 1 heterocycles. The zero-order chi connectivity index (χ0) is 12.3. The van der Waals surface area contributed by atoms with Gasteiger partial charge >= 0.3 is 0 Å². The van der Waals surface area contributed by atoms with Gasteiger partial charge in [0.25, 0.3) is 0 Å². The van der Waals surface area contributed by atoms with Crippen molar-refractivity contribution in [1.82, 2.24) is 10.2 Å². The van der Waals surface area contributed by atoms with E-state index in [1.807, 2.05) is 18.2 Å². The van der Waals surface area contributed by atoms with Gasteiger partial charge in [-0.15, -0.1) is 0 Å². The highest BCUT2D eigenvalue weighted by molar-refractivity contribution is 5.26. The van der Waals surface area contributed by atoms with E-state index in [9.17, 15) is 5.11 Å². The smallest absolute Gasteiger partial charge is 0.115 e. The Balaban J connectivity index is 1.86. The predicted molar refractivity (Wildman–Crippen MR) is 70.0 cm³/mol. The molecule has 2 unspecified atom stereocenters. The van der Waals surface area contributed by atoms with Gasteiger partial charge in [0.05, 0.1) is 0 Å². The van der Waals surface area contributed by atoms with Crippen molar-refractivity contribution in [3.63, 3.8) is 0 Å². The number of hydrogen-bond acceptors (Lipinski definition) is 3. The lowest BCUT2D eigenvalue weighted by molar-refractivity contribution is 0.174. The highest BCUT2D eigenvalue weighted by Crippen LogP contribution is 2.17. The Bertz CT molecular complexity index is 367. The van der Waals surface area contributed by atoms with Gasteiger partial charge in [0.2, 0.25) is 0 Å². The summed E-state index contributed by atoms with van der Waals surface area (Å²) in [6.07, 6.45) is 1.20. The molecule has 0 saturated carbocycles. The number of benzene rings is 1. The second-order valence-electron chi connectivity index (χ2n) is 5.19. The Morgan fingerprint density at radius 2 is 2.29 bits per heavy atom. The van der Waals surface area contributed by atoms with Gasteiger partial charge in [-0.1, -0.05) is 19.1 Å². The quantitative estimate of drug-likeness (QED) is 0.837. The first-order chi connectivity index (χ1) is 8.15. The fraction of sp³-hybridized carbons (Fsp3) is 0.571. The Morgan fingerprint density at radius 1 is 1.47 bits per heavy atom. The van der Waals surface area contributed by atoms with Gasteiger partial charge in [-0.25, -0.2) is 0 Å². The van der Waals surface area contributed by atoms with Gasteiger partial charge in [-0.05, 0) is 43.6 Å². The SMILES string of the molecule is CC1CN(C)CCC1NCc1cccc(O)c1. The molecule has 0 aliphatic carbocycles. The molecule has 0 amide bonds. The van der Waals surface area contributed by atoms with Crippen LogP contribution in [0, 0.1) is 5.92 Å². The normalized spacial score (nSPS) is 26.0. The summed E-state index contributed by atoms with van der Waals surface area (Å²) in [6, 6.07) is 8.07. The molecule has 94 valence electrons. The van der Waals surface area contributed by atoms with Crippen LogP contribution in [0.15, 0.2) is 24.3 Å². The molecule has 1 aromatic carbocycles. The van der Waals surface area contributed by atoms with E-state index < -0.39 is 0 Å². The lowest BCUT2D eigenvalue weighted by atomic mass is 9.94. The van der Waals surface area contributed by atoms with Crippen molar-refractivity contribution < 1.29 is 5.11 Å². The molecule has 0 radical (unpaired) electrons. The van der Waals surface area contributed by atoms with E-state index in [2.05, 4.69) is 24.2 Å². The molecule has 1 aromatic rings. The standard InChI is InChI=1S/C14H22N2O/c1-11-10-16(2)7-6-14(11)15-9-12-4-3-5-13(17)8-12/h3-5,8,11,14-15,17H,6-7,9-10H2,1-2H3. The molecule has 2 rings (SSSR count). The number of hydrogen-bond donors (Lipinski definition) is 2. The number of nitrogens with zero attached hydrogens (tertiary/aromatic N) is 1.